The minimum Gasteiger partial charge on any atom is -0.507 e. The molecular weight excluding hydrogens is 636 g/mol. The van der Waals surface area contributed by atoms with E-state index in [-0.39, 0.29) is 64.0 Å². The molecule has 50 heavy (non-hydrogen) atoms. The highest BCUT2D eigenvalue weighted by Gasteiger charge is 2.72. The lowest BCUT2D eigenvalue weighted by Gasteiger charge is -2.61. The van der Waals surface area contributed by atoms with Gasteiger partial charge in [0.1, 0.15) is 28.6 Å². The smallest absolute Gasteiger partial charge is 0.226 e. The molecule has 9 heteroatoms. The second-order valence-corrected chi connectivity index (χ2v) is 18.2. The first kappa shape index (κ1) is 38.2. The Morgan fingerprint density at radius 2 is 1.46 bits per heavy atom. The Morgan fingerprint density at radius 1 is 0.860 bits per heavy atom. The van der Waals surface area contributed by atoms with Crippen molar-refractivity contribution in [3.63, 3.8) is 0 Å². The number of Topliss-reactive ketones (excluding diaryl/α,β-unsaturated/α-hetero) is 4. The van der Waals surface area contributed by atoms with Gasteiger partial charge in [0.25, 0.3) is 0 Å². The molecule has 2 heterocycles. The van der Waals surface area contributed by atoms with Crippen molar-refractivity contribution in [1.82, 2.24) is 0 Å². The molecule has 2 aliphatic carbocycles. The number of unbranched alkanes of at least 4 members (excludes halogenated alkanes) is 2. The summed E-state index contributed by atoms with van der Waals surface area (Å²) in [6.07, 6.45) is 1.36. The monoisotopic (exact) mass is 694 g/mol. The summed E-state index contributed by atoms with van der Waals surface area (Å²) in [5.74, 6) is -6.59. The minimum absolute atomic E-state index is 0.0329. The summed E-state index contributed by atoms with van der Waals surface area (Å²) in [6.45, 7) is 23.2. The van der Waals surface area contributed by atoms with E-state index in [1.807, 2.05) is 34.6 Å². The van der Waals surface area contributed by atoms with Crippen LogP contribution < -0.4 is 9.47 Å². The van der Waals surface area contributed by atoms with Crippen molar-refractivity contribution in [3.05, 3.63) is 28.0 Å². The maximum Gasteiger partial charge on any atom is 0.226 e. The first-order chi connectivity index (χ1) is 22.8. The third-order valence-electron chi connectivity index (χ3n) is 12.4. The summed E-state index contributed by atoms with van der Waals surface area (Å²) < 4.78 is 13.4. The van der Waals surface area contributed by atoms with Crippen LogP contribution in [0.1, 0.15) is 155 Å². The highest BCUT2D eigenvalue weighted by molar-refractivity contribution is 6.20. The Hall–Kier alpha value is -3.04. The van der Waals surface area contributed by atoms with Gasteiger partial charge in [0.15, 0.2) is 23.1 Å². The molecular formula is C41H58O9. The minimum atomic E-state index is -2.27. The highest BCUT2D eigenvalue weighted by atomic mass is 16.6. The van der Waals surface area contributed by atoms with E-state index >= 15 is 0 Å². The normalized spacial score (nSPS) is 30.3. The number of rotatable bonds is 8. The van der Waals surface area contributed by atoms with E-state index in [1.165, 1.54) is 0 Å². The summed E-state index contributed by atoms with van der Waals surface area (Å²) in [5, 5.41) is 37.2. The van der Waals surface area contributed by atoms with Crippen molar-refractivity contribution in [3.8, 4) is 17.2 Å². The molecule has 0 spiro atoms. The molecule has 0 amide bonds. The van der Waals surface area contributed by atoms with Gasteiger partial charge in [-0.15, -0.1) is 0 Å². The van der Waals surface area contributed by atoms with Gasteiger partial charge in [-0.05, 0) is 66.2 Å². The number of fused-ring (bicyclic) bond motifs is 4. The molecule has 5 atom stereocenters. The van der Waals surface area contributed by atoms with Crippen LogP contribution in [0.25, 0.3) is 0 Å². The zero-order valence-corrected chi connectivity index (χ0v) is 32.3. The Balaban J connectivity index is 1.95. The first-order valence-electron chi connectivity index (χ1n) is 18.5. The number of ether oxygens (including phenoxy) is 2. The average Bonchev–Trinajstić information content (AvgIpc) is 3.00. The van der Waals surface area contributed by atoms with Crippen LogP contribution in [0.4, 0.5) is 0 Å². The lowest BCUT2D eigenvalue weighted by Crippen LogP contribution is -2.73. The number of carbonyl (C=O) groups excluding carboxylic acids is 4. The Labute approximate surface area is 297 Å². The quantitative estimate of drug-likeness (QED) is 0.142. The molecule has 9 nitrogen and oxygen atoms in total. The third-order valence-corrected chi connectivity index (χ3v) is 12.4. The number of aliphatic hydroxyl groups is 2. The largest absolute Gasteiger partial charge is 0.507 e. The summed E-state index contributed by atoms with van der Waals surface area (Å²) in [6, 6.07) is 0. The number of phenolic OH excluding ortho intramolecular Hbond substituents is 1. The van der Waals surface area contributed by atoms with Gasteiger partial charge < -0.3 is 24.8 Å². The van der Waals surface area contributed by atoms with E-state index in [2.05, 4.69) is 0 Å². The van der Waals surface area contributed by atoms with Gasteiger partial charge in [0.05, 0.1) is 33.7 Å². The Morgan fingerprint density at radius 3 is 2.00 bits per heavy atom. The predicted molar refractivity (Wildman–Crippen MR) is 189 cm³/mol. The molecule has 0 radical (unpaired) electrons. The van der Waals surface area contributed by atoms with E-state index in [1.54, 1.807) is 55.4 Å². The fraction of sp³-hybridized carbons (Fsp3) is 0.707. The molecule has 0 aromatic heterocycles. The second kappa shape index (κ2) is 12.0. The summed E-state index contributed by atoms with van der Waals surface area (Å²) in [4.78, 5) is 56.7. The van der Waals surface area contributed by atoms with Crippen LogP contribution >= 0.6 is 0 Å². The van der Waals surface area contributed by atoms with Gasteiger partial charge in [-0.2, -0.15) is 0 Å². The van der Waals surface area contributed by atoms with Crippen LogP contribution in [0, 0.1) is 39.4 Å². The van der Waals surface area contributed by atoms with Crippen molar-refractivity contribution in [2.75, 3.05) is 0 Å². The fourth-order valence-electron chi connectivity index (χ4n) is 9.61. The lowest BCUT2D eigenvalue weighted by atomic mass is 9.50. The standard InChI is InChI=1S/C41H58O9/c1-14-15-16-17-22(42)26-29(43)24-21(18-19(2)3)25-32(44)37(6,7)35(46)39(10,11)34(25)49-30(24)27-23(20(4)5)28-33(45)38(8,9)36(47)40(12,13)41(28,48)50-31(26)27/h19-21,23,28,33,43,45,48H,14-18H2,1-13H3. The van der Waals surface area contributed by atoms with Crippen LogP contribution in [0.15, 0.2) is 11.3 Å². The number of hydrogen-bond donors (Lipinski definition) is 3. The molecule has 3 N–H and O–H groups in total. The Kier molecular flexibility index (Phi) is 9.17. The molecule has 0 bridgehead atoms. The number of benzene rings is 1. The van der Waals surface area contributed by atoms with Gasteiger partial charge in [0, 0.05) is 35.0 Å². The molecule has 1 fully saturated rings. The zero-order chi connectivity index (χ0) is 37.8. The third kappa shape index (κ3) is 4.99. The van der Waals surface area contributed by atoms with Gasteiger partial charge in [-0.1, -0.05) is 61.3 Å². The van der Waals surface area contributed by atoms with Crippen molar-refractivity contribution in [2.24, 2.45) is 39.4 Å². The number of ketones is 4. The van der Waals surface area contributed by atoms with E-state index in [0.29, 0.717) is 24.0 Å². The molecule has 5 rings (SSSR count). The summed E-state index contributed by atoms with van der Waals surface area (Å²) in [7, 11) is 0. The lowest BCUT2D eigenvalue weighted by molar-refractivity contribution is -0.299. The van der Waals surface area contributed by atoms with Crippen LogP contribution in [-0.2, 0) is 14.4 Å². The number of aromatic hydroxyl groups is 1. The SMILES string of the molecule is CCCCCC(=O)c1c(O)c2c(c3c1OC1(O)C(C3C(C)C)C(O)C(C)(C)C(=O)C1(C)C)OC1=C(C(=O)C(C)(C)C(=O)C1(C)C)C2CC(C)C. The van der Waals surface area contributed by atoms with Crippen LogP contribution in [0.5, 0.6) is 17.2 Å². The zero-order valence-electron chi connectivity index (χ0n) is 32.3. The molecule has 0 saturated heterocycles. The average molecular weight is 695 g/mol. The molecule has 276 valence electrons. The van der Waals surface area contributed by atoms with E-state index in [4.69, 9.17) is 9.47 Å². The fourth-order valence-corrected chi connectivity index (χ4v) is 9.61. The van der Waals surface area contributed by atoms with Crippen LogP contribution in [0.3, 0.4) is 0 Å². The molecule has 5 unspecified atom stereocenters. The van der Waals surface area contributed by atoms with Gasteiger partial charge in [-0.3, -0.25) is 19.2 Å². The number of carbonyl (C=O) groups is 4. The topological polar surface area (TPSA) is 147 Å². The summed E-state index contributed by atoms with van der Waals surface area (Å²) in [5.41, 5.74) is -4.50. The van der Waals surface area contributed by atoms with Gasteiger partial charge in [-0.25, -0.2) is 0 Å². The maximum absolute atomic E-state index is 14.4. The number of phenols is 1. The molecule has 2 aliphatic heterocycles. The number of hydrogen-bond acceptors (Lipinski definition) is 9. The van der Waals surface area contributed by atoms with E-state index in [9.17, 15) is 34.5 Å². The number of aliphatic hydroxyl groups excluding tert-OH is 1. The van der Waals surface area contributed by atoms with Crippen LogP contribution in [-0.4, -0.2) is 50.3 Å². The maximum atomic E-state index is 14.4. The molecule has 1 aromatic rings. The first-order valence-corrected chi connectivity index (χ1v) is 18.5. The van der Waals surface area contributed by atoms with Crippen molar-refractivity contribution >= 4 is 23.1 Å². The van der Waals surface area contributed by atoms with E-state index in [0.717, 1.165) is 12.8 Å². The van der Waals surface area contributed by atoms with Gasteiger partial charge >= 0.3 is 0 Å². The highest BCUT2D eigenvalue weighted by Crippen LogP contribution is 2.67. The van der Waals surface area contributed by atoms with Crippen molar-refractivity contribution in [2.45, 2.75) is 146 Å². The van der Waals surface area contributed by atoms with Crippen molar-refractivity contribution < 1.29 is 44.0 Å². The van der Waals surface area contributed by atoms with E-state index < -0.39 is 62.9 Å². The number of allylic oxidation sites excluding steroid dienone is 2. The molecule has 1 saturated carbocycles. The Bertz CT molecular complexity index is 1690. The molecule has 1 aromatic carbocycles. The molecule has 4 aliphatic rings. The predicted octanol–water partition coefficient (Wildman–Crippen LogP) is 7.57. The van der Waals surface area contributed by atoms with Crippen LogP contribution in [0.2, 0.25) is 0 Å². The van der Waals surface area contributed by atoms with Crippen molar-refractivity contribution in [1.29, 1.82) is 0 Å². The van der Waals surface area contributed by atoms with Gasteiger partial charge in [0.2, 0.25) is 5.79 Å². The summed E-state index contributed by atoms with van der Waals surface area (Å²) >= 11 is 0. The second-order valence-electron chi connectivity index (χ2n) is 18.2.